The lowest BCUT2D eigenvalue weighted by atomic mass is 10.3. The average molecular weight is 346 g/mol. The van der Waals surface area contributed by atoms with E-state index in [0.717, 1.165) is 6.07 Å². The SMILES string of the molecule is COc1ccc(S(=O)(=O)Nc2ccc(Cl)cc2F)cc1OC. The molecular weight excluding hydrogens is 333 g/mol. The predicted molar refractivity (Wildman–Crippen MR) is 81.8 cm³/mol. The summed E-state index contributed by atoms with van der Waals surface area (Å²) in [7, 11) is -1.15. The van der Waals surface area contributed by atoms with Crippen LogP contribution in [-0.2, 0) is 10.0 Å². The maximum Gasteiger partial charge on any atom is 0.262 e. The van der Waals surface area contributed by atoms with Crippen LogP contribution < -0.4 is 14.2 Å². The number of halogens is 2. The largest absolute Gasteiger partial charge is 0.493 e. The minimum absolute atomic E-state index is 0.0838. The van der Waals surface area contributed by atoms with E-state index >= 15 is 0 Å². The Morgan fingerprint density at radius 1 is 1.05 bits per heavy atom. The molecule has 0 amide bonds. The fourth-order valence-corrected chi connectivity index (χ4v) is 3.00. The van der Waals surface area contributed by atoms with E-state index in [0.29, 0.717) is 5.75 Å². The number of nitrogens with one attached hydrogen (secondary N) is 1. The molecule has 2 rings (SSSR count). The summed E-state index contributed by atoms with van der Waals surface area (Å²) in [6.07, 6.45) is 0. The number of anilines is 1. The first kappa shape index (κ1) is 16.4. The zero-order chi connectivity index (χ0) is 16.3. The van der Waals surface area contributed by atoms with Gasteiger partial charge in [-0.15, -0.1) is 0 Å². The number of sulfonamides is 1. The minimum atomic E-state index is -3.97. The number of benzene rings is 2. The van der Waals surface area contributed by atoms with Crippen LogP contribution >= 0.6 is 11.6 Å². The van der Waals surface area contributed by atoms with Gasteiger partial charge in [0.05, 0.1) is 24.8 Å². The average Bonchev–Trinajstić information content (AvgIpc) is 2.49. The lowest BCUT2D eigenvalue weighted by Gasteiger charge is -2.12. The second-order valence-corrected chi connectivity index (χ2v) is 6.37. The highest BCUT2D eigenvalue weighted by molar-refractivity contribution is 7.92. The maximum absolute atomic E-state index is 13.7. The van der Waals surface area contributed by atoms with E-state index in [-0.39, 0.29) is 21.4 Å². The molecule has 0 heterocycles. The van der Waals surface area contributed by atoms with Gasteiger partial charge in [-0.25, -0.2) is 12.8 Å². The molecule has 0 atom stereocenters. The number of methoxy groups -OCH3 is 2. The lowest BCUT2D eigenvalue weighted by molar-refractivity contribution is 0.354. The molecule has 0 unspecified atom stereocenters. The van der Waals surface area contributed by atoms with Crippen molar-refractivity contribution in [3.8, 4) is 11.5 Å². The first-order valence-corrected chi connectivity index (χ1v) is 7.93. The van der Waals surface area contributed by atoms with E-state index in [1.807, 2.05) is 0 Å². The highest BCUT2D eigenvalue weighted by Crippen LogP contribution is 2.30. The number of rotatable bonds is 5. The van der Waals surface area contributed by atoms with Crippen molar-refractivity contribution in [1.29, 1.82) is 0 Å². The Morgan fingerprint density at radius 2 is 1.73 bits per heavy atom. The van der Waals surface area contributed by atoms with Gasteiger partial charge < -0.3 is 9.47 Å². The van der Waals surface area contributed by atoms with Crippen LogP contribution in [0.4, 0.5) is 10.1 Å². The van der Waals surface area contributed by atoms with Crippen molar-refractivity contribution in [1.82, 2.24) is 0 Å². The topological polar surface area (TPSA) is 64.6 Å². The van der Waals surface area contributed by atoms with Crippen LogP contribution in [0.5, 0.6) is 11.5 Å². The van der Waals surface area contributed by atoms with Crippen LogP contribution in [0.15, 0.2) is 41.3 Å². The lowest BCUT2D eigenvalue weighted by Crippen LogP contribution is -2.14. The molecule has 8 heteroatoms. The Labute approximate surface area is 132 Å². The predicted octanol–water partition coefficient (Wildman–Crippen LogP) is 3.30. The van der Waals surface area contributed by atoms with Crippen LogP contribution in [0, 0.1) is 5.82 Å². The van der Waals surface area contributed by atoms with Crippen molar-refractivity contribution in [2.45, 2.75) is 4.90 Å². The van der Waals surface area contributed by atoms with E-state index in [1.165, 1.54) is 44.6 Å². The summed E-state index contributed by atoms with van der Waals surface area (Å²) >= 11 is 5.63. The monoisotopic (exact) mass is 345 g/mol. The van der Waals surface area contributed by atoms with Crippen molar-refractivity contribution >= 4 is 27.3 Å². The molecule has 0 aliphatic carbocycles. The first-order valence-electron chi connectivity index (χ1n) is 6.07. The van der Waals surface area contributed by atoms with Crippen molar-refractivity contribution in [3.63, 3.8) is 0 Å². The van der Waals surface area contributed by atoms with Gasteiger partial charge in [0, 0.05) is 11.1 Å². The van der Waals surface area contributed by atoms with Crippen molar-refractivity contribution in [2.75, 3.05) is 18.9 Å². The summed E-state index contributed by atoms with van der Waals surface area (Å²) in [5.74, 6) is -0.127. The summed E-state index contributed by atoms with van der Waals surface area (Å²) in [5.41, 5.74) is -0.195. The fraction of sp³-hybridized carbons (Fsp3) is 0.143. The second-order valence-electron chi connectivity index (χ2n) is 4.25. The highest BCUT2D eigenvalue weighted by atomic mass is 35.5. The molecule has 5 nitrogen and oxygen atoms in total. The van der Waals surface area contributed by atoms with Gasteiger partial charge in [0.15, 0.2) is 11.5 Å². The Balaban J connectivity index is 2.38. The summed E-state index contributed by atoms with van der Waals surface area (Å²) < 4.78 is 50.6. The van der Waals surface area contributed by atoms with Crippen LogP contribution in [-0.4, -0.2) is 22.6 Å². The number of hydrogen-bond acceptors (Lipinski definition) is 4. The third kappa shape index (κ3) is 3.42. The van der Waals surface area contributed by atoms with Crippen molar-refractivity contribution < 1.29 is 22.3 Å². The molecule has 0 bridgehead atoms. The third-order valence-electron chi connectivity index (χ3n) is 2.84. The Morgan fingerprint density at radius 3 is 2.32 bits per heavy atom. The van der Waals surface area contributed by atoms with Crippen LogP contribution in [0.3, 0.4) is 0 Å². The van der Waals surface area contributed by atoms with E-state index in [9.17, 15) is 12.8 Å². The third-order valence-corrected chi connectivity index (χ3v) is 4.44. The van der Waals surface area contributed by atoms with Gasteiger partial charge in [0.1, 0.15) is 5.82 Å². The smallest absolute Gasteiger partial charge is 0.262 e. The summed E-state index contributed by atoms with van der Waals surface area (Å²) in [6, 6.07) is 7.72. The molecule has 1 N–H and O–H groups in total. The van der Waals surface area contributed by atoms with Crippen molar-refractivity contribution in [2.24, 2.45) is 0 Å². The van der Waals surface area contributed by atoms with Gasteiger partial charge >= 0.3 is 0 Å². The van der Waals surface area contributed by atoms with Crippen molar-refractivity contribution in [3.05, 3.63) is 47.2 Å². The fourth-order valence-electron chi connectivity index (χ4n) is 1.76. The molecule has 0 saturated heterocycles. The van der Waals surface area contributed by atoms with Gasteiger partial charge in [-0.05, 0) is 30.3 Å². The van der Waals surface area contributed by atoms with E-state index in [1.54, 1.807) is 0 Å². The maximum atomic E-state index is 13.7. The summed E-state index contributed by atoms with van der Waals surface area (Å²) in [6.45, 7) is 0. The van der Waals surface area contributed by atoms with E-state index in [2.05, 4.69) is 4.72 Å². The summed E-state index contributed by atoms with van der Waals surface area (Å²) in [5, 5.41) is 0.173. The number of hydrogen-bond donors (Lipinski definition) is 1. The number of ether oxygens (including phenoxy) is 2. The Kier molecular flexibility index (Phi) is 4.77. The normalized spacial score (nSPS) is 11.1. The molecule has 2 aromatic rings. The Hall–Kier alpha value is -1.99. The molecule has 0 fully saturated rings. The van der Waals surface area contributed by atoms with Crippen LogP contribution in [0.1, 0.15) is 0 Å². The summed E-state index contributed by atoms with van der Waals surface area (Å²) in [4.78, 5) is -0.0838. The van der Waals surface area contributed by atoms with Gasteiger partial charge in [-0.1, -0.05) is 11.6 Å². The molecule has 0 aromatic heterocycles. The van der Waals surface area contributed by atoms with Crippen LogP contribution in [0.25, 0.3) is 0 Å². The van der Waals surface area contributed by atoms with Crippen LogP contribution in [0.2, 0.25) is 5.02 Å². The zero-order valence-corrected chi connectivity index (χ0v) is 13.3. The first-order chi connectivity index (χ1) is 10.4. The quantitative estimate of drug-likeness (QED) is 0.903. The van der Waals surface area contributed by atoms with E-state index < -0.39 is 15.8 Å². The van der Waals surface area contributed by atoms with E-state index in [4.69, 9.17) is 21.1 Å². The molecule has 0 aliphatic rings. The molecule has 0 saturated carbocycles. The minimum Gasteiger partial charge on any atom is -0.493 e. The second kappa shape index (κ2) is 6.41. The molecule has 0 aliphatic heterocycles. The molecule has 2 aromatic carbocycles. The Bertz CT molecular complexity index is 795. The van der Waals surface area contributed by atoms with Gasteiger partial charge in [-0.2, -0.15) is 0 Å². The molecule has 0 radical (unpaired) electrons. The standard InChI is InChI=1S/C14H13ClFNO4S/c1-20-13-6-4-10(8-14(13)21-2)22(18,19)17-12-5-3-9(15)7-11(12)16/h3-8,17H,1-2H3. The molecule has 22 heavy (non-hydrogen) atoms. The molecule has 0 spiro atoms. The van der Waals surface area contributed by atoms with Gasteiger partial charge in [0.2, 0.25) is 0 Å². The highest BCUT2D eigenvalue weighted by Gasteiger charge is 2.18. The zero-order valence-electron chi connectivity index (χ0n) is 11.8. The van der Waals surface area contributed by atoms with Gasteiger partial charge in [0.25, 0.3) is 10.0 Å². The molecular formula is C14H13ClFNO4S. The van der Waals surface area contributed by atoms with Gasteiger partial charge in [-0.3, -0.25) is 4.72 Å². The molecule has 118 valence electrons.